The Bertz CT molecular complexity index is 1150. The molecule has 0 unspecified atom stereocenters. The fraction of sp³-hybridized carbons (Fsp3) is 0.321. The molecule has 35 heavy (non-hydrogen) atoms. The van der Waals surface area contributed by atoms with Crippen LogP contribution in [0.15, 0.2) is 66.0 Å². The maximum absolute atomic E-state index is 13.8. The third-order valence-corrected chi connectivity index (χ3v) is 7.12. The van der Waals surface area contributed by atoms with Gasteiger partial charge in [-0.2, -0.15) is 0 Å². The molecule has 0 bridgehead atoms. The topological polar surface area (TPSA) is 78.5 Å². The van der Waals surface area contributed by atoms with Gasteiger partial charge in [-0.25, -0.2) is 0 Å². The van der Waals surface area contributed by atoms with Gasteiger partial charge in [-0.05, 0) is 61.0 Å². The molecule has 3 amide bonds. The van der Waals surface area contributed by atoms with Crippen molar-refractivity contribution in [2.75, 3.05) is 10.2 Å². The smallest absolute Gasteiger partial charge is 0.248 e. The highest BCUT2D eigenvalue weighted by Crippen LogP contribution is 2.31. The number of nitrogens with one attached hydrogen (secondary N) is 2. The molecule has 4 rings (SSSR count). The first-order chi connectivity index (χ1) is 16.9. The van der Waals surface area contributed by atoms with Crippen molar-refractivity contribution in [3.05, 3.63) is 82.0 Å². The van der Waals surface area contributed by atoms with E-state index in [2.05, 4.69) is 10.6 Å². The summed E-state index contributed by atoms with van der Waals surface area (Å²) in [5, 5.41) is 7.90. The summed E-state index contributed by atoms with van der Waals surface area (Å²) in [4.78, 5) is 41.5. The molecule has 0 spiro atoms. The number of hydrogen-bond acceptors (Lipinski definition) is 4. The molecule has 0 radical (unpaired) electrons. The summed E-state index contributed by atoms with van der Waals surface area (Å²) < 4.78 is 0. The summed E-state index contributed by atoms with van der Waals surface area (Å²) in [5.41, 5.74) is 3.08. The van der Waals surface area contributed by atoms with Gasteiger partial charge in [0.2, 0.25) is 17.7 Å². The van der Waals surface area contributed by atoms with Crippen LogP contribution in [0.1, 0.15) is 54.7 Å². The molecule has 1 aliphatic rings. The fourth-order valence-electron chi connectivity index (χ4n) is 4.51. The van der Waals surface area contributed by atoms with Gasteiger partial charge in [0.25, 0.3) is 0 Å². The maximum atomic E-state index is 13.8. The Morgan fingerprint density at radius 1 is 1.00 bits per heavy atom. The normalized spacial score (nSPS) is 14.3. The molecule has 2 N–H and O–H groups in total. The minimum Gasteiger partial charge on any atom is -0.351 e. The minimum atomic E-state index is -0.810. The van der Waals surface area contributed by atoms with E-state index in [0.29, 0.717) is 11.4 Å². The lowest BCUT2D eigenvalue weighted by Gasteiger charge is -2.32. The van der Waals surface area contributed by atoms with Gasteiger partial charge in [-0.15, -0.1) is 11.3 Å². The van der Waals surface area contributed by atoms with Gasteiger partial charge in [0.05, 0.1) is 6.42 Å². The standard InChI is InChI=1S/C28H31N3O3S/c1-19-9-11-21(12-10-19)27(28(34)30-22-6-3-4-7-22)31(26(33)18-25-8-5-17-35-25)24-15-13-23(14-16-24)29-20(2)32/h5,8-17,22,27H,3-4,6-7,18H2,1-2H3,(H,29,32)(H,30,34)/t27-/m1/s1. The van der Waals surface area contributed by atoms with E-state index in [0.717, 1.165) is 41.7 Å². The monoisotopic (exact) mass is 489 g/mol. The van der Waals surface area contributed by atoms with Crippen LogP contribution >= 0.6 is 11.3 Å². The molecule has 0 saturated heterocycles. The third kappa shape index (κ3) is 6.36. The van der Waals surface area contributed by atoms with Gasteiger partial charge in [0.15, 0.2) is 0 Å². The molecule has 7 heteroatoms. The van der Waals surface area contributed by atoms with E-state index in [1.165, 1.54) is 18.3 Å². The summed E-state index contributed by atoms with van der Waals surface area (Å²) >= 11 is 1.52. The summed E-state index contributed by atoms with van der Waals surface area (Å²) in [5.74, 6) is -0.505. The average Bonchev–Trinajstić information content (AvgIpc) is 3.53. The highest BCUT2D eigenvalue weighted by atomic mass is 32.1. The predicted octanol–water partition coefficient (Wildman–Crippen LogP) is 5.39. The van der Waals surface area contributed by atoms with Crippen LogP contribution in [0, 0.1) is 6.92 Å². The summed E-state index contributed by atoms with van der Waals surface area (Å²) in [6.45, 7) is 3.45. The molecule has 1 aromatic heterocycles. The van der Waals surface area contributed by atoms with Gasteiger partial charge in [-0.1, -0.05) is 48.7 Å². The lowest BCUT2D eigenvalue weighted by Crippen LogP contribution is -2.46. The third-order valence-electron chi connectivity index (χ3n) is 6.24. The number of rotatable bonds is 8. The molecule has 1 aliphatic carbocycles. The van der Waals surface area contributed by atoms with Gasteiger partial charge in [0, 0.05) is 29.2 Å². The number of carbonyl (C=O) groups excluding carboxylic acids is 3. The van der Waals surface area contributed by atoms with Gasteiger partial charge in [0.1, 0.15) is 6.04 Å². The second kappa shape index (κ2) is 11.3. The van der Waals surface area contributed by atoms with Crippen molar-refractivity contribution < 1.29 is 14.4 Å². The van der Waals surface area contributed by atoms with Crippen LogP contribution < -0.4 is 15.5 Å². The molecule has 1 heterocycles. The number of aryl methyl sites for hydroxylation is 1. The van der Waals surface area contributed by atoms with Crippen molar-refractivity contribution in [3.63, 3.8) is 0 Å². The van der Waals surface area contributed by atoms with Crippen LogP contribution in [0.4, 0.5) is 11.4 Å². The van der Waals surface area contributed by atoms with Gasteiger partial charge < -0.3 is 10.6 Å². The number of nitrogens with zero attached hydrogens (tertiary/aromatic N) is 1. The number of carbonyl (C=O) groups is 3. The zero-order valence-electron chi connectivity index (χ0n) is 20.1. The Kier molecular flexibility index (Phi) is 7.98. The number of benzene rings is 2. The molecule has 0 aliphatic heterocycles. The zero-order chi connectivity index (χ0) is 24.8. The lowest BCUT2D eigenvalue weighted by molar-refractivity contribution is -0.127. The highest BCUT2D eigenvalue weighted by molar-refractivity contribution is 7.10. The number of anilines is 2. The molecule has 1 fully saturated rings. The zero-order valence-corrected chi connectivity index (χ0v) is 20.9. The van der Waals surface area contributed by atoms with E-state index in [4.69, 9.17) is 0 Å². The van der Waals surface area contributed by atoms with Crippen molar-refractivity contribution >= 4 is 40.4 Å². The van der Waals surface area contributed by atoms with Crippen LogP contribution in [0.2, 0.25) is 0 Å². The highest BCUT2D eigenvalue weighted by Gasteiger charge is 2.34. The average molecular weight is 490 g/mol. The molecule has 1 atom stereocenters. The van der Waals surface area contributed by atoms with Crippen molar-refractivity contribution in [1.82, 2.24) is 5.32 Å². The van der Waals surface area contributed by atoms with E-state index in [1.807, 2.05) is 48.7 Å². The van der Waals surface area contributed by atoms with Crippen molar-refractivity contribution in [3.8, 4) is 0 Å². The summed E-state index contributed by atoms with van der Waals surface area (Å²) in [6, 6.07) is 18.0. The molecule has 1 saturated carbocycles. The Labute approximate surface area is 210 Å². The summed E-state index contributed by atoms with van der Waals surface area (Å²) in [6.07, 6.45) is 4.32. The molecular formula is C28H31N3O3S. The van der Waals surface area contributed by atoms with E-state index in [-0.39, 0.29) is 30.2 Å². The van der Waals surface area contributed by atoms with E-state index in [9.17, 15) is 14.4 Å². The maximum Gasteiger partial charge on any atom is 0.248 e. The van der Waals surface area contributed by atoms with Gasteiger partial charge in [-0.3, -0.25) is 19.3 Å². The van der Waals surface area contributed by atoms with Crippen LogP contribution in [-0.4, -0.2) is 23.8 Å². The molecular weight excluding hydrogens is 458 g/mol. The SMILES string of the molecule is CC(=O)Nc1ccc(N(C(=O)Cc2cccs2)[C@@H](C(=O)NC2CCCC2)c2ccc(C)cc2)cc1. The molecule has 6 nitrogen and oxygen atoms in total. The lowest BCUT2D eigenvalue weighted by atomic mass is 10.0. The Morgan fingerprint density at radius 2 is 1.69 bits per heavy atom. The second-order valence-corrected chi connectivity index (χ2v) is 10.1. The number of hydrogen-bond donors (Lipinski definition) is 2. The Balaban J connectivity index is 1.74. The Morgan fingerprint density at radius 3 is 2.29 bits per heavy atom. The number of thiophene rings is 1. The first kappa shape index (κ1) is 24.7. The fourth-order valence-corrected chi connectivity index (χ4v) is 5.21. The quantitative estimate of drug-likeness (QED) is 0.445. The van der Waals surface area contributed by atoms with Crippen molar-refractivity contribution in [2.24, 2.45) is 0 Å². The minimum absolute atomic E-state index is 0.131. The second-order valence-electron chi connectivity index (χ2n) is 9.05. The predicted molar refractivity (Wildman–Crippen MR) is 141 cm³/mol. The van der Waals surface area contributed by atoms with E-state index in [1.54, 1.807) is 29.2 Å². The van der Waals surface area contributed by atoms with Crippen molar-refractivity contribution in [1.29, 1.82) is 0 Å². The first-order valence-corrected chi connectivity index (χ1v) is 12.9. The van der Waals surface area contributed by atoms with Crippen LogP contribution in [0.3, 0.4) is 0 Å². The molecule has 2 aromatic carbocycles. The first-order valence-electron chi connectivity index (χ1n) is 12.0. The van der Waals surface area contributed by atoms with E-state index < -0.39 is 6.04 Å². The largest absolute Gasteiger partial charge is 0.351 e. The number of amides is 3. The summed E-state index contributed by atoms with van der Waals surface area (Å²) in [7, 11) is 0. The Hall–Kier alpha value is -3.45. The van der Waals surface area contributed by atoms with Crippen LogP contribution in [0.25, 0.3) is 0 Å². The van der Waals surface area contributed by atoms with Crippen LogP contribution in [-0.2, 0) is 20.8 Å². The van der Waals surface area contributed by atoms with Crippen LogP contribution in [0.5, 0.6) is 0 Å². The van der Waals surface area contributed by atoms with E-state index >= 15 is 0 Å². The molecule has 3 aromatic rings. The molecule has 182 valence electrons. The van der Waals surface area contributed by atoms with Gasteiger partial charge >= 0.3 is 0 Å². The van der Waals surface area contributed by atoms with Crippen molar-refractivity contribution in [2.45, 2.75) is 58.0 Å².